The highest BCUT2D eigenvalue weighted by Gasteiger charge is 2.12. The molecule has 0 unspecified atom stereocenters. The highest BCUT2D eigenvalue weighted by atomic mass is 32.2. The lowest BCUT2D eigenvalue weighted by Crippen LogP contribution is -2.01. The molecule has 0 aliphatic heterocycles. The Morgan fingerprint density at radius 3 is 2.58 bits per heavy atom. The van der Waals surface area contributed by atoms with Crippen LogP contribution in [0.4, 0.5) is 4.79 Å². The largest absolute Gasteiger partial charge is 0.513 e. The molecule has 134 valence electrons. The maximum Gasteiger partial charge on any atom is 0.513 e. The molecule has 1 aromatic heterocycles. The summed E-state index contributed by atoms with van der Waals surface area (Å²) in [4.78, 5) is 11.8. The number of hydrogen-bond acceptors (Lipinski definition) is 5. The molecule has 1 N–H and O–H groups in total. The number of carbonyl (C=O) groups is 1. The van der Waals surface area contributed by atoms with Gasteiger partial charge in [-0.05, 0) is 42.5 Å². The Labute approximate surface area is 155 Å². The van der Waals surface area contributed by atoms with E-state index >= 15 is 0 Å². The lowest BCUT2D eigenvalue weighted by atomic mass is 10.1. The topological polar surface area (TPSA) is 68.9 Å². The molecular formula is C20H18O5S. The quantitative estimate of drug-likeness (QED) is 0.449. The minimum atomic E-state index is -1.41. The minimum Gasteiger partial charge on any atom is -0.489 e. The Hall–Kier alpha value is -2.86. The van der Waals surface area contributed by atoms with E-state index in [0.29, 0.717) is 5.76 Å². The third-order valence-corrected chi connectivity index (χ3v) is 4.65. The SMILES string of the molecule is CSc1ccccc1-c1ccc(OCc2cc(OC(=O)O)oc2C)cc1. The molecule has 2 aromatic carbocycles. The van der Waals surface area contributed by atoms with Crippen molar-refractivity contribution in [3.8, 4) is 22.8 Å². The van der Waals surface area contributed by atoms with Crippen molar-refractivity contribution in [2.75, 3.05) is 6.26 Å². The van der Waals surface area contributed by atoms with E-state index < -0.39 is 6.16 Å². The smallest absolute Gasteiger partial charge is 0.489 e. The van der Waals surface area contributed by atoms with E-state index in [1.807, 2.05) is 36.4 Å². The van der Waals surface area contributed by atoms with Crippen LogP contribution in [0.25, 0.3) is 11.1 Å². The Morgan fingerprint density at radius 2 is 1.88 bits per heavy atom. The van der Waals surface area contributed by atoms with E-state index in [0.717, 1.165) is 16.9 Å². The van der Waals surface area contributed by atoms with E-state index in [1.54, 1.807) is 18.7 Å². The van der Waals surface area contributed by atoms with Crippen molar-refractivity contribution in [1.29, 1.82) is 0 Å². The van der Waals surface area contributed by atoms with Crippen LogP contribution < -0.4 is 9.47 Å². The van der Waals surface area contributed by atoms with E-state index in [-0.39, 0.29) is 12.6 Å². The zero-order valence-electron chi connectivity index (χ0n) is 14.4. The predicted octanol–water partition coefficient (Wildman–Crippen LogP) is 5.61. The van der Waals surface area contributed by atoms with Gasteiger partial charge in [-0.2, -0.15) is 0 Å². The predicted molar refractivity (Wildman–Crippen MR) is 100 cm³/mol. The van der Waals surface area contributed by atoms with Gasteiger partial charge in [0.1, 0.15) is 18.1 Å². The van der Waals surface area contributed by atoms with Gasteiger partial charge in [0.25, 0.3) is 5.95 Å². The molecule has 5 nitrogen and oxygen atoms in total. The maximum absolute atomic E-state index is 10.5. The van der Waals surface area contributed by atoms with Crippen molar-refractivity contribution in [3.63, 3.8) is 0 Å². The first kappa shape index (κ1) is 17.9. The average Bonchev–Trinajstić information content (AvgIpc) is 2.99. The van der Waals surface area contributed by atoms with Crippen molar-refractivity contribution in [2.45, 2.75) is 18.4 Å². The number of furan rings is 1. The van der Waals surface area contributed by atoms with Crippen LogP contribution in [0.3, 0.4) is 0 Å². The summed E-state index contributed by atoms with van der Waals surface area (Å²) in [5, 5.41) is 8.62. The lowest BCUT2D eigenvalue weighted by Gasteiger charge is -2.09. The van der Waals surface area contributed by atoms with Gasteiger partial charge < -0.3 is 19.0 Å². The van der Waals surface area contributed by atoms with Gasteiger partial charge in [0.2, 0.25) is 0 Å². The third-order valence-electron chi connectivity index (χ3n) is 3.85. The summed E-state index contributed by atoms with van der Waals surface area (Å²) in [6, 6.07) is 17.6. The molecule has 6 heteroatoms. The molecule has 0 bridgehead atoms. The molecule has 0 saturated carbocycles. The number of rotatable bonds is 6. The highest BCUT2D eigenvalue weighted by Crippen LogP contribution is 2.31. The second-order valence-corrected chi connectivity index (χ2v) is 6.38. The molecule has 0 amide bonds. The summed E-state index contributed by atoms with van der Waals surface area (Å²) in [5.74, 6) is 1.22. The molecular weight excluding hydrogens is 352 g/mol. The Morgan fingerprint density at radius 1 is 1.15 bits per heavy atom. The average molecular weight is 370 g/mol. The Bertz CT molecular complexity index is 899. The molecule has 3 rings (SSSR count). The molecule has 0 fully saturated rings. The summed E-state index contributed by atoms with van der Waals surface area (Å²) in [6.45, 7) is 1.99. The Kier molecular flexibility index (Phi) is 5.53. The second kappa shape index (κ2) is 8.01. The van der Waals surface area contributed by atoms with E-state index in [4.69, 9.17) is 14.3 Å². The van der Waals surface area contributed by atoms with Crippen LogP contribution in [0.15, 0.2) is 63.9 Å². The number of ether oxygens (including phenoxy) is 2. The van der Waals surface area contributed by atoms with Crippen LogP contribution in [0.5, 0.6) is 11.7 Å². The standard InChI is InChI=1S/C20H18O5S/c1-13-15(11-19(24-13)25-20(21)22)12-23-16-9-7-14(8-10-16)17-5-3-4-6-18(17)26-2/h3-11H,12H2,1-2H3,(H,21,22). The van der Waals surface area contributed by atoms with Gasteiger partial charge in [0.05, 0.1) is 0 Å². The van der Waals surface area contributed by atoms with Crippen LogP contribution in [0.2, 0.25) is 0 Å². The van der Waals surface area contributed by atoms with Gasteiger partial charge in [-0.3, -0.25) is 0 Å². The zero-order valence-corrected chi connectivity index (χ0v) is 15.2. The fourth-order valence-corrected chi connectivity index (χ4v) is 3.16. The van der Waals surface area contributed by atoms with Gasteiger partial charge in [-0.1, -0.05) is 30.3 Å². The summed E-state index contributed by atoms with van der Waals surface area (Å²) < 4.78 is 15.5. The van der Waals surface area contributed by atoms with Gasteiger partial charge in [-0.25, -0.2) is 4.79 Å². The molecule has 0 radical (unpaired) electrons. The summed E-state index contributed by atoms with van der Waals surface area (Å²) in [6.07, 6.45) is 0.652. The number of thioether (sulfide) groups is 1. The first-order valence-corrected chi connectivity index (χ1v) is 9.15. The van der Waals surface area contributed by atoms with Crippen molar-refractivity contribution >= 4 is 17.9 Å². The molecule has 3 aromatic rings. The Balaban J connectivity index is 1.68. The lowest BCUT2D eigenvalue weighted by molar-refractivity contribution is 0.132. The summed E-state index contributed by atoms with van der Waals surface area (Å²) in [7, 11) is 0. The van der Waals surface area contributed by atoms with E-state index in [9.17, 15) is 4.79 Å². The molecule has 0 saturated heterocycles. The fraction of sp³-hybridized carbons (Fsp3) is 0.150. The minimum absolute atomic E-state index is 0.0578. The number of aryl methyl sites for hydroxylation is 1. The summed E-state index contributed by atoms with van der Waals surface area (Å²) in [5.41, 5.74) is 3.05. The van der Waals surface area contributed by atoms with Gasteiger partial charge >= 0.3 is 6.16 Å². The van der Waals surface area contributed by atoms with Crippen molar-refractivity contribution in [1.82, 2.24) is 0 Å². The van der Waals surface area contributed by atoms with Crippen molar-refractivity contribution in [2.24, 2.45) is 0 Å². The van der Waals surface area contributed by atoms with E-state index in [2.05, 4.69) is 23.1 Å². The van der Waals surface area contributed by atoms with Crippen LogP contribution in [-0.4, -0.2) is 17.5 Å². The number of hydrogen-bond donors (Lipinski definition) is 1. The van der Waals surface area contributed by atoms with Crippen LogP contribution in [-0.2, 0) is 6.61 Å². The fourth-order valence-electron chi connectivity index (χ4n) is 2.54. The molecule has 0 spiro atoms. The highest BCUT2D eigenvalue weighted by molar-refractivity contribution is 7.98. The maximum atomic E-state index is 10.5. The summed E-state index contributed by atoms with van der Waals surface area (Å²) >= 11 is 1.71. The van der Waals surface area contributed by atoms with Gasteiger partial charge in [0, 0.05) is 16.5 Å². The third kappa shape index (κ3) is 4.21. The molecule has 0 aliphatic rings. The van der Waals surface area contributed by atoms with Crippen LogP contribution in [0.1, 0.15) is 11.3 Å². The van der Waals surface area contributed by atoms with E-state index in [1.165, 1.54) is 16.5 Å². The van der Waals surface area contributed by atoms with Gasteiger partial charge in [0.15, 0.2) is 0 Å². The first-order chi connectivity index (χ1) is 12.6. The molecule has 1 heterocycles. The van der Waals surface area contributed by atoms with Crippen LogP contribution in [0, 0.1) is 6.92 Å². The zero-order chi connectivity index (χ0) is 18.5. The van der Waals surface area contributed by atoms with Crippen molar-refractivity contribution in [3.05, 3.63) is 65.9 Å². The number of carboxylic acid groups (broad SMARTS) is 1. The second-order valence-electron chi connectivity index (χ2n) is 5.53. The normalized spacial score (nSPS) is 10.5. The van der Waals surface area contributed by atoms with Crippen LogP contribution >= 0.6 is 11.8 Å². The molecule has 0 aliphatic carbocycles. The first-order valence-electron chi connectivity index (χ1n) is 7.93. The van der Waals surface area contributed by atoms with Crippen molar-refractivity contribution < 1.29 is 23.8 Å². The molecule has 0 atom stereocenters. The van der Waals surface area contributed by atoms with Gasteiger partial charge in [-0.15, -0.1) is 11.8 Å². The molecule has 26 heavy (non-hydrogen) atoms. The monoisotopic (exact) mass is 370 g/mol. The number of benzene rings is 2.